The second-order valence-corrected chi connectivity index (χ2v) is 8.77. The molecule has 2 aromatic rings. The molecule has 9 nitrogen and oxygen atoms in total. The molecule has 0 atom stereocenters. The van der Waals surface area contributed by atoms with Crippen molar-refractivity contribution in [2.75, 3.05) is 27.7 Å². The van der Waals surface area contributed by atoms with Gasteiger partial charge < -0.3 is 4.90 Å². The van der Waals surface area contributed by atoms with Crippen LogP contribution in [-0.4, -0.2) is 58.7 Å². The monoisotopic (exact) mass is 391 g/mol. The minimum atomic E-state index is -4.70. The molecule has 2 rings (SSSR count). The summed E-state index contributed by atoms with van der Waals surface area (Å²) in [5.41, 5.74) is 1.50. The summed E-state index contributed by atoms with van der Waals surface area (Å²) in [5, 5.41) is 0.612. The quantitative estimate of drug-likeness (QED) is 0.609. The van der Waals surface area contributed by atoms with E-state index in [4.69, 9.17) is 4.55 Å². The molecule has 0 radical (unpaired) electrons. The first-order valence-electron chi connectivity index (χ1n) is 7.37. The summed E-state index contributed by atoms with van der Waals surface area (Å²) in [4.78, 5) is 1.92. The zero-order chi connectivity index (χ0) is 18.8. The van der Waals surface area contributed by atoms with Crippen molar-refractivity contribution in [1.29, 1.82) is 0 Å². The van der Waals surface area contributed by atoms with Gasteiger partial charge in [-0.3, -0.25) is 8.84 Å². The molecule has 0 aliphatic rings. The molecule has 11 heteroatoms. The molecule has 0 amide bonds. The van der Waals surface area contributed by atoms with Gasteiger partial charge >= 0.3 is 10.4 Å². The van der Waals surface area contributed by atoms with E-state index in [1.54, 1.807) is 24.3 Å². The molecule has 0 fully saturated rings. The van der Waals surface area contributed by atoms with Crippen LogP contribution in [0.4, 0.5) is 0 Å². The second kappa shape index (κ2) is 7.30. The van der Waals surface area contributed by atoms with Crippen LogP contribution in [0.1, 0.15) is 11.3 Å². The summed E-state index contributed by atoms with van der Waals surface area (Å²) in [6.45, 7) is 0.631. The van der Waals surface area contributed by atoms with Gasteiger partial charge in [-0.15, -0.1) is 0 Å². The van der Waals surface area contributed by atoms with E-state index < -0.39 is 20.4 Å². The largest absolute Gasteiger partial charge is 0.465 e. The van der Waals surface area contributed by atoms with Crippen molar-refractivity contribution >= 4 is 31.3 Å². The second-order valence-electron chi connectivity index (χ2n) is 5.84. The molecule has 0 unspecified atom stereocenters. The molecular formula is C14H21N3O6S2. The van der Waals surface area contributed by atoms with Crippen LogP contribution in [0.3, 0.4) is 0 Å². The molecule has 0 aliphatic heterocycles. The number of rotatable bonds is 8. The highest BCUT2D eigenvalue weighted by molar-refractivity contribution is 7.88. The van der Waals surface area contributed by atoms with Gasteiger partial charge in [0, 0.05) is 18.4 Å². The van der Waals surface area contributed by atoms with Gasteiger partial charge in [0.25, 0.3) is 0 Å². The summed E-state index contributed by atoms with van der Waals surface area (Å²) >= 11 is 0. The molecule has 2 N–H and O–H groups in total. The Hall–Kier alpha value is -1.66. The van der Waals surface area contributed by atoms with E-state index in [1.165, 1.54) is 7.05 Å². The van der Waals surface area contributed by atoms with Crippen molar-refractivity contribution in [3.05, 3.63) is 35.5 Å². The molecule has 25 heavy (non-hydrogen) atoms. The average Bonchev–Trinajstić information content (AvgIpc) is 2.80. The van der Waals surface area contributed by atoms with Gasteiger partial charge in [-0.25, -0.2) is 13.1 Å². The van der Waals surface area contributed by atoms with E-state index in [1.807, 2.05) is 19.0 Å². The number of benzene rings is 1. The number of aromatic nitrogens is 1. The van der Waals surface area contributed by atoms with Gasteiger partial charge in [0.1, 0.15) is 0 Å². The molecular weight excluding hydrogens is 370 g/mol. The minimum Gasteiger partial charge on any atom is -0.309 e. The van der Waals surface area contributed by atoms with E-state index in [0.29, 0.717) is 35.1 Å². The Labute approximate surface area is 147 Å². The summed E-state index contributed by atoms with van der Waals surface area (Å²) in [7, 11) is -3.04. The number of fused-ring (bicyclic) bond motifs is 1. The van der Waals surface area contributed by atoms with Crippen LogP contribution in [0.15, 0.2) is 24.3 Å². The highest BCUT2D eigenvalue weighted by Crippen LogP contribution is 2.22. The maximum absolute atomic E-state index is 11.7. The van der Waals surface area contributed by atoms with E-state index in [-0.39, 0.29) is 5.75 Å². The van der Waals surface area contributed by atoms with Gasteiger partial charge in [-0.1, -0.05) is 6.07 Å². The van der Waals surface area contributed by atoms with Crippen molar-refractivity contribution in [2.45, 2.75) is 12.2 Å². The minimum absolute atomic E-state index is 0.198. The molecule has 0 aliphatic carbocycles. The third-order valence-electron chi connectivity index (χ3n) is 3.55. The molecule has 1 aromatic heterocycles. The van der Waals surface area contributed by atoms with Crippen LogP contribution < -0.4 is 9.01 Å². The fourth-order valence-electron chi connectivity index (χ4n) is 2.37. The highest BCUT2D eigenvalue weighted by Gasteiger charge is 2.17. The molecule has 0 saturated heterocycles. The molecule has 1 aromatic carbocycles. The van der Waals surface area contributed by atoms with E-state index in [9.17, 15) is 16.8 Å². The summed E-state index contributed by atoms with van der Waals surface area (Å²) in [6.07, 6.45) is 0.474. The fourth-order valence-corrected chi connectivity index (χ4v) is 3.50. The molecule has 0 saturated carbocycles. The van der Waals surface area contributed by atoms with Gasteiger partial charge in [0.05, 0.1) is 17.0 Å². The van der Waals surface area contributed by atoms with Crippen molar-refractivity contribution in [3.8, 4) is 0 Å². The Kier molecular flexibility index (Phi) is 5.74. The first kappa shape index (κ1) is 19.7. The normalized spacial score (nSPS) is 12.8. The average molecular weight is 391 g/mol. The van der Waals surface area contributed by atoms with Crippen LogP contribution in [0, 0.1) is 0 Å². The highest BCUT2D eigenvalue weighted by atomic mass is 32.3. The lowest BCUT2D eigenvalue weighted by atomic mass is 10.2. The van der Waals surface area contributed by atoms with Gasteiger partial charge in [-0.2, -0.15) is 13.1 Å². The lowest BCUT2D eigenvalue weighted by molar-refractivity contribution is 0.240. The van der Waals surface area contributed by atoms with E-state index in [2.05, 4.69) is 9.01 Å². The first-order chi connectivity index (χ1) is 11.5. The van der Waals surface area contributed by atoms with Crippen LogP contribution in [0.5, 0.6) is 0 Å². The maximum Gasteiger partial charge on any atom is 0.465 e. The lowest BCUT2D eigenvalue weighted by Gasteiger charge is -2.12. The van der Waals surface area contributed by atoms with Crippen LogP contribution in [0.2, 0.25) is 0 Å². The Balaban J connectivity index is 2.48. The Morgan fingerprint density at radius 3 is 2.44 bits per heavy atom. The summed E-state index contributed by atoms with van der Waals surface area (Å²) in [6, 6.07) is 6.48. The van der Waals surface area contributed by atoms with Gasteiger partial charge in [0.15, 0.2) is 0 Å². The standard InChI is InChI=1S/C14H21N3O6S2/c1-15-24(18,19)10-11-4-5-14-12(8-11)9-13(6-7-16(2)3)17(14)23-25(20,21)22/h4-5,8-9,15H,6-7,10H2,1-3H3,(H,20,21,22). The Morgan fingerprint density at radius 1 is 1.20 bits per heavy atom. The van der Waals surface area contributed by atoms with Crippen molar-refractivity contribution in [3.63, 3.8) is 0 Å². The zero-order valence-electron chi connectivity index (χ0n) is 14.1. The van der Waals surface area contributed by atoms with Crippen molar-refractivity contribution in [1.82, 2.24) is 14.4 Å². The maximum atomic E-state index is 11.7. The smallest absolute Gasteiger partial charge is 0.309 e. The molecule has 0 bridgehead atoms. The topological polar surface area (TPSA) is 118 Å². The Bertz CT molecular complexity index is 964. The van der Waals surface area contributed by atoms with Crippen LogP contribution >= 0.6 is 0 Å². The first-order valence-corrected chi connectivity index (χ1v) is 10.4. The zero-order valence-corrected chi connectivity index (χ0v) is 15.8. The van der Waals surface area contributed by atoms with Gasteiger partial charge in [-0.05, 0) is 44.9 Å². The third kappa shape index (κ3) is 5.41. The number of hydrogen-bond donors (Lipinski definition) is 2. The summed E-state index contributed by atoms with van der Waals surface area (Å²) < 4.78 is 62.6. The third-order valence-corrected chi connectivity index (χ3v) is 5.22. The number of nitrogens with zero attached hydrogens (tertiary/aromatic N) is 2. The van der Waals surface area contributed by atoms with E-state index >= 15 is 0 Å². The summed E-state index contributed by atoms with van der Waals surface area (Å²) in [5.74, 6) is -0.198. The predicted octanol–water partition coefficient (Wildman–Crippen LogP) is 0.0260. The van der Waals surface area contributed by atoms with Crippen LogP contribution in [0.25, 0.3) is 10.9 Å². The lowest BCUT2D eigenvalue weighted by Crippen LogP contribution is -2.23. The van der Waals surface area contributed by atoms with Gasteiger partial charge in [0.2, 0.25) is 10.0 Å². The SMILES string of the molecule is CNS(=O)(=O)Cc1ccc2c(c1)cc(CCN(C)C)n2OS(=O)(=O)O. The molecule has 0 spiro atoms. The van der Waals surface area contributed by atoms with Crippen molar-refractivity contribution in [2.24, 2.45) is 0 Å². The number of sulfonamides is 1. The number of nitrogens with one attached hydrogen (secondary N) is 1. The number of hydrogen-bond acceptors (Lipinski definition) is 6. The predicted molar refractivity (Wildman–Crippen MR) is 94.0 cm³/mol. The van der Waals surface area contributed by atoms with Crippen LogP contribution in [-0.2, 0) is 32.6 Å². The van der Waals surface area contributed by atoms with Crippen molar-refractivity contribution < 1.29 is 25.7 Å². The Morgan fingerprint density at radius 2 is 1.88 bits per heavy atom. The molecule has 140 valence electrons. The number of likely N-dealkylation sites (N-methyl/N-ethyl adjacent to an activating group) is 1. The molecule has 1 heterocycles. The van der Waals surface area contributed by atoms with E-state index in [0.717, 1.165) is 4.73 Å². The fraction of sp³-hybridized carbons (Fsp3) is 0.429.